The Morgan fingerprint density at radius 2 is 1.91 bits per heavy atom. The summed E-state index contributed by atoms with van der Waals surface area (Å²) >= 11 is 5.88. The molecule has 2 saturated carbocycles. The van der Waals surface area contributed by atoms with Crippen LogP contribution in [-0.2, 0) is 4.43 Å². The van der Waals surface area contributed by atoms with Crippen molar-refractivity contribution in [3.8, 4) is 6.01 Å². The van der Waals surface area contributed by atoms with Crippen molar-refractivity contribution in [2.75, 3.05) is 25.2 Å². The van der Waals surface area contributed by atoms with Crippen molar-refractivity contribution in [3.63, 3.8) is 0 Å². The maximum Gasteiger partial charge on any atom is 0.319 e. The molecule has 2 aromatic rings. The Balaban J connectivity index is 1.55. The number of fused-ring (bicyclic) bond motifs is 1. The quantitative estimate of drug-likeness (QED) is 0.362. The summed E-state index contributed by atoms with van der Waals surface area (Å²) in [4.78, 5) is 14.3. The largest absolute Gasteiger partial charge is 0.463 e. The number of hydrogen-bond acceptors (Lipinski definition) is 6. The predicted octanol–water partition coefficient (Wildman–Crippen LogP) is 5.54. The van der Waals surface area contributed by atoms with E-state index in [0.717, 1.165) is 12.8 Å². The average molecular weight is 485 g/mol. The van der Waals surface area contributed by atoms with Crippen molar-refractivity contribution in [3.05, 3.63) is 17.2 Å². The highest BCUT2D eigenvalue weighted by Crippen LogP contribution is 2.48. The number of anilines is 1. The molecule has 0 bridgehead atoms. The van der Waals surface area contributed by atoms with Crippen molar-refractivity contribution in [1.29, 1.82) is 0 Å². The molecule has 32 heavy (non-hydrogen) atoms. The van der Waals surface area contributed by atoms with Crippen LogP contribution in [0.15, 0.2) is 6.20 Å². The summed E-state index contributed by atoms with van der Waals surface area (Å²) in [5.41, 5.74) is -0.0511. The molecule has 0 amide bonds. The molecule has 0 saturated heterocycles. The van der Waals surface area contributed by atoms with E-state index in [1.165, 1.54) is 6.20 Å². The van der Waals surface area contributed by atoms with Crippen molar-refractivity contribution >= 4 is 36.6 Å². The van der Waals surface area contributed by atoms with Crippen molar-refractivity contribution in [1.82, 2.24) is 15.0 Å². The van der Waals surface area contributed by atoms with Crippen LogP contribution in [0, 0.1) is 11.2 Å². The van der Waals surface area contributed by atoms with Gasteiger partial charge in [0.25, 0.3) is 0 Å². The third-order valence-electron chi connectivity index (χ3n) is 7.12. The van der Waals surface area contributed by atoms with Gasteiger partial charge in [-0.25, -0.2) is 13.8 Å². The highest BCUT2D eigenvalue weighted by atomic mass is 35.5. The van der Waals surface area contributed by atoms with Crippen LogP contribution in [0.5, 0.6) is 6.01 Å². The first-order valence-corrected chi connectivity index (χ1v) is 14.3. The monoisotopic (exact) mass is 484 g/mol. The summed E-state index contributed by atoms with van der Waals surface area (Å²) in [5.74, 6) is -0.346. The molecule has 0 aromatic carbocycles. The molecule has 2 aliphatic rings. The highest BCUT2D eigenvalue weighted by molar-refractivity contribution is 6.74. The SMILES string of the molecule is CN(c1nc(OCC2(CO[Si](C)(C)C(C)(C)C)CC2)nc2c(F)c(Cl)ncc12)C1C[C@H]1F. The van der Waals surface area contributed by atoms with E-state index >= 15 is 0 Å². The van der Waals surface area contributed by atoms with Gasteiger partial charge in [0.1, 0.15) is 17.5 Å². The van der Waals surface area contributed by atoms with Gasteiger partial charge in [-0.1, -0.05) is 32.4 Å². The van der Waals surface area contributed by atoms with E-state index in [1.807, 2.05) is 0 Å². The summed E-state index contributed by atoms with van der Waals surface area (Å²) in [6.07, 6.45) is 2.90. The zero-order valence-electron chi connectivity index (χ0n) is 19.5. The van der Waals surface area contributed by atoms with Gasteiger partial charge in [-0.3, -0.25) is 0 Å². The van der Waals surface area contributed by atoms with Gasteiger partial charge in [0.2, 0.25) is 0 Å². The minimum atomic E-state index is -1.87. The number of aromatic nitrogens is 3. The minimum absolute atomic E-state index is 0.0234. The number of alkyl halides is 1. The summed E-state index contributed by atoms with van der Waals surface area (Å²) in [6, 6.07) is -0.248. The first-order chi connectivity index (χ1) is 14.8. The van der Waals surface area contributed by atoms with Crippen LogP contribution in [0.1, 0.15) is 40.0 Å². The van der Waals surface area contributed by atoms with Gasteiger partial charge in [-0.15, -0.1) is 0 Å². The number of halogens is 3. The molecule has 2 aliphatic carbocycles. The maximum atomic E-state index is 14.7. The van der Waals surface area contributed by atoms with Gasteiger partial charge < -0.3 is 14.1 Å². The summed E-state index contributed by atoms with van der Waals surface area (Å²) < 4.78 is 40.8. The molecular formula is C22H31ClF2N4O2Si. The number of ether oxygens (including phenoxy) is 1. The zero-order chi connectivity index (χ0) is 23.5. The number of hydrogen-bond donors (Lipinski definition) is 0. The molecule has 0 aliphatic heterocycles. The molecule has 4 rings (SSSR count). The Hall–Kier alpha value is -1.58. The minimum Gasteiger partial charge on any atom is -0.463 e. The number of nitrogens with zero attached hydrogens (tertiary/aromatic N) is 4. The molecule has 10 heteroatoms. The normalized spacial score (nSPS) is 22.2. The van der Waals surface area contributed by atoms with E-state index < -0.39 is 20.3 Å². The zero-order valence-corrected chi connectivity index (χ0v) is 21.3. The third kappa shape index (κ3) is 4.56. The first kappa shape index (κ1) is 23.6. The van der Waals surface area contributed by atoms with Crippen LogP contribution < -0.4 is 9.64 Å². The van der Waals surface area contributed by atoms with Gasteiger partial charge in [0.15, 0.2) is 19.3 Å². The smallest absolute Gasteiger partial charge is 0.319 e. The first-order valence-electron chi connectivity index (χ1n) is 11.0. The Labute approximate surface area is 193 Å². The Kier molecular flexibility index (Phi) is 5.91. The van der Waals surface area contributed by atoms with Crippen LogP contribution in [0.25, 0.3) is 10.9 Å². The van der Waals surface area contributed by atoms with Crippen molar-refractivity contribution < 1.29 is 17.9 Å². The predicted molar refractivity (Wildman–Crippen MR) is 124 cm³/mol. The summed E-state index contributed by atoms with van der Waals surface area (Å²) in [6.45, 7) is 12.1. The van der Waals surface area contributed by atoms with Crippen molar-refractivity contribution in [2.24, 2.45) is 5.41 Å². The Bertz CT molecular complexity index is 1030. The van der Waals surface area contributed by atoms with E-state index in [2.05, 4.69) is 48.8 Å². The average Bonchev–Trinajstić information content (AvgIpc) is 3.64. The second kappa shape index (κ2) is 8.02. The molecule has 2 atom stereocenters. The van der Waals surface area contributed by atoms with Gasteiger partial charge in [-0.2, -0.15) is 9.97 Å². The van der Waals surface area contributed by atoms with Crippen LogP contribution in [0.2, 0.25) is 23.3 Å². The number of pyridine rings is 1. The number of rotatable bonds is 8. The fourth-order valence-electron chi connectivity index (χ4n) is 3.32. The van der Waals surface area contributed by atoms with Crippen LogP contribution in [-0.4, -0.2) is 55.7 Å². The van der Waals surface area contributed by atoms with E-state index in [0.29, 0.717) is 30.8 Å². The van der Waals surface area contributed by atoms with E-state index in [4.69, 9.17) is 20.8 Å². The van der Waals surface area contributed by atoms with Crippen LogP contribution in [0.3, 0.4) is 0 Å². The molecule has 2 fully saturated rings. The molecule has 2 aromatic heterocycles. The lowest BCUT2D eigenvalue weighted by Gasteiger charge is -2.37. The molecule has 0 radical (unpaired) electrons. The molecule has 0 N–H and O–H groups in total. The van der Waals surface area contributed by atoms with Gasteiger partial charge in [0.05, 0.1) is 18.0 Å². The van der Waals surface area contributed by atoms with Crippen LogP contribution >= 0.6 is 11.6 Å². The fourth-order valence-corrected chi connectivity index (χ4v) is 4.56. The molecule has 1 unspecified atom stereocenters. The lowest BCUT2D eigenvalue weighted by atomic mass is 10.1. The molecule has 6 nitrogen and oxygen atoms in total. The molecule has 176 valence electrons. The fraction of sp³-hybridized carbons (Fsp3) is 0.682. The summed E-state index contributed by atoms with van der Waals surface area (Å²) in [5, 5.41) is 0.238. The van der Waals surface area contributed by atoms with Gasteiger partial charge in [-0.05, 0) is 31.0 Å². The molecule has 2 heterocycles. The van der Waals surface area contributed by atoms with E-state index in [-0.39, 0.29) is 33.2 Å². The van der Waals surface area contributed by atoms with Crippen molar-refractivity contribution in [2.45, 2.75) is 70.4 Å². The Morgan fingerprint density at radius 1 is 1.25 bits per heavy atom. The van der Waals surface area contributed by atoms with Gasteiger partial charge >= 0.3 is 6.01 Å². The highest BCUT2D eigenvalue weighted by Gasteiger charge is 2.47. The van der Waals surface area contributed by atoms with Gasteiger partial charge in [0, 0.05) is 31.7 Å². The summed E-state index contributed by atoms with van der Waals surface area (Å²) in [7, 11) is -0.135. The lowest BCUT2D eigenvalue weighted by Crippen LogP contribution is -2.42. The molecule has 0 spiro atoms. The second-order valence-corrected chi connectivity index (χ2v) is 15.9. The maximum absolute atomic E-state index is 14.7. The van der Waals surface area contributed by atoms with E-state index in [9.17, 15) is 8.78 Å². The Morgan fingerprint density at radius 3 is 2.47 bits per heavy atom. The standard InChI is InChI=1S/C22H31ClF2N4O2Si/c1-21(2,3)32(5,6)31-12-22(7-8-22)11-30-20-27-17-13(10-26-18(23)16(17)25)19(28-20)29(4)15-9-14(15)24/h10,14-15H,7-9,11-12H2,1-6H3/t14-,15?/m1/s1. The second-order valence-electron chi connectivity index (χ2n) is 10.7. The van der Waals surface area contributed by atoms with Crippen LogP contribution in [0.4, 0.5) is 14.6 Å². The molecular weight excluding hydrogens is 454 g/mol. The lowest BCUT2D eigenvalue weighted by molar-refractivity contribution is 0.144. The topological polar surface area (TPSA) is 60.4 Å². The van der Waals surface area contributed by atoms with E-state index in [1.54, 1.807) is 11.9 Å². The third-order valence-corrected chi connectivity index (χ3v) is 11.9.